The molecule has 0 spiro atoms. The van der Waals surface area contributed by atoms with Crippen LogP contribution in [-0.2, 0) is 25.3 Å². The SMILES string of the molecule is CC(C)(C)c1cccc(C2(NC[C@@H](O)C(NC(=O)CCCC(=O)O)c3cc(F)cc(F)c3)CCC(=O)CC2)c1. The Labute approximate surface area is 228 Å². The molecule has 7 nitrogen and oxygen atoms in total. The molecule has 39 heavy (non-hydrogen) atoms. The lowest BCUT2D eigenvalue weighted by molar-refractivity contribution is -0.137. The molecule has 212 valence electrons. The monoisotopic (exact) mass is 544 g/mol. The number of aliphatic carboxylic acids is 1. The summed E-state index contributed by atoms with van der Waals surface area (Å²) in [5.41, 5.74) is 1.45. The minimum absolute atomic E-state index is 0.0356. The van der Waals surface area contributed by atoms with E-state index in [0.717, 1.165) is 23.3 Å². The predicted octanol–water partition coefficient (Wildman–Crippen LogP) is 4.66. The molecule has 0 aromatic heterocycles. The van der Waals surface area contributed by atoms with Gasteiger partial charge in [0.15, 0.2) is 0 Å². The number of ketones is 1. The van der Waals surface area contributed by atoms with Crippen molar-refractivity contribution in [1.82, 2.24) is 10.6 Å². The van der Waals surface area contributed by atoms with E-state index in [0.29, 0.717) is 31.7 Å². The van der Waals surface area contributed by atoms with Crippen molar-refractivity contribution in [2.24, 2.45) is 0 Å². The van der Waals surface area contributed by atoms with Crippen molar-refractivity contribution in [3.63, 3.8) is 0 Å². The van der Waals surface area contributed by atoms with Gasteiger partial charge in [0.1, 0.15) is 17.4 Å². The number of carbonyl (C=O) groups excluding carboxylic acids is 2. The zero-order chi connectivity index (χ0) is 28.8. The van der Waals surface area contributed by atoms with E-state index in [1.54, 1.807) is 0 Å². The van der Waals surface area contributed by atoms with Crippen LogP contribution in [0.25, 0.3) is 0 Å². The first-order chi connectivity index (χ1) is 18.3. The highest BCUT2D eigenvalue weighted by Crippen LogP contribution is 2.38. The molecule has 2 aromatic carbocycles. The molecule has 0 aliphatic heterocycles. The molecule has 9 heteroatoms. The van der Waals surface area contributed by atoms with E-state index >= 15 is 0 Å². The van der Waals surface area contributed by atoms with E-state index in [-0.39, 0.29) is 42.6 Å². The number of nitrogens with one attached hydrogen (secondary N) is 2. The van der Waals surface area contributed by atoms with Crippen LogP contribution in [0.4, 0.5) is 8.78 Å². The van der Waals surface area contributed by atoms with Gasteiger partial charge in [-0.05, 0) is 53.5 Å². The molecule has 2 aromatic rings. The summed E-state index contributed by atoms with van der Waals surface area (Å²) in [6, 6.07) is 9.79. The Morgan fingerprint density at radius 2 is 1.67 bits per heavy atom. The van der Waals surface area contributed by atoms with Crippen molar-refractivity contribution < 1.29 is 33.4 Å². The molecular weight excluding hydrogens is 506 g/mol. The summed E-state index contributed by atoms with van der Waals surface area (Å²) >= 11 is 0. The van der Waals surface area contributed by atoms with Gasteiger partial charge in [-0.3, -0.25) is 14.4 Å². The summed E-state index contributed by atoms with van der Waals surface area (Å²) in [6.45, 7) is 6.30. The van der Waals surface area contributed by atoms with Gasteiger partial charge in [-0.25, -0.2) is 8.78 Å². The standard InChI is InChI=1S/C30H38F2N2O5/c1-29(2,3)20-6-4-7-21(16-20)30(12-10-24(35)11-13-30)33-18-25(36)28(19-14-22(31)17-23(32)15-19)34-26(37)8-5-9-27(38)39/h4,6-7,14-17,25,28,33,36H,5,8-13,18H2,1-3H3,(H,34,37)(H,38,39)/t25-,28?/m1/s1. The van der Waals surface area contributed by atoms with E-state index in [1.807, 2.05) is 12.1 Å². The number of carboxylic acid groups (broad SMARTS) is 1. The first kappa shape index (κ1) is 30.4. The van der Waals surface area contributed by atoms with Crippen molar-refractivity contribution in [3.05, 3.63) is 70.8 Å². The third-order valence-corrected chi connectivity index (χ3v) is 7.33. The van der Waals surface area contributed by atoms with Crippen molar-refractivity contribution in [1.29, 1.82) is 0 Å². The van der Waals surface area contributed by atoms with Gasteiger partial charge >= 0.3 is 5.97 Å². The van der Waals surface area contributed by atoms with Crippen LogP contribution >= 0.6 is 0 Å². The average Bonchev–Trinajstić information content (AvgIpc) is 2.86. The number of amides is 1. The zero-order valence-corrected chi connectivity index (χ0v) is 22.7. The molecule has 0 bridgehead atoms. The molecule has 1 saturated carbocycles. The van der Waals surface area contributed by atoms with Crippen molar-refractivity contribution in [3.8, 4) is 0 Å². The quantitative estimate of drug-likeness (QED) is 0.327. The maximum absolute atomic E-state index is 14.1. The molecule has 1 fully saturated rings. The van der Waals surface area contributed by atoms with Crippen LogP contribution in [-0.4, -0.2) is 40.5 Å². The van der Waals surface area contributed by atoms with E-state index < -0.39 is 41.2 Å². The molecule has 2 atom stereocenters. The van der Waals surface area contributed by atoms with Gasteiger partial charge < -0.3 is 20.8 Å². The summed E-state index contributed by atoms with van der Waals surface area (Å²) < 4.78 is 28.1. The predicted molar refractivity (Wildman–Crippen MR) is 143 cm³/mol. The van der Waals surface area contributed by atoms with Gasteiger partial charge in [0.05, 0.1) is 12.1 Å². The molecule has 0 saturated heterocycles. The number of carboxylic acids is 1. The van der Waals surface area contributed by atoms with Gasteiger partial charge in [0.2, 0.25) is 5.91 Å². The fraction of sp³-hybridized carbons (Fsp3) is 0.500. The van der Waals surface area contributed by atoms with Crippen LogP contribution in [0.15, 0.2) is 42.5 Å². The van der Waals surface area contributed by atoms with Crippen LogP contribution in [0.2, 0.25) is 0 Å². The lowest BCUT2D eigenvalue weighted by Crippen LogP contribution is -2.50. The minimum atomic E-state index is -1.28. The molecule has 1 amide bonds. The van der Waals surface area contributed by atoms with Gasteiger partial charge in [0, 0.05) is 43.8 Å². The summed E-state index contributed by atoms with van der Waals surface area (Å²) in [7, 11) is 0. The molecule has 1 aliphatic carbocycles. The third-order valence-electron chi connectivity index (χ3n) is 7.33. The summed E-state index contributed by atoms with van der Waals surface area (Å²) in [4.78, 5) is 35.5. The first-order valence-electron chi connectivity index (χ1n) is 13.3. The Morgan fingerprint density at radius 1 is 1.03 bits per heavy atom. The summed E-state index contributed by atoms with van der Waals surface area (Å²) in [6.07, 6.45) is 0.275. The highest BCUT2D eigenvalue weighted by atomic mass is 19.1. The fourth-order valence-corrected chi connectivity index (χ4v) is 5.03. The lowest BCUT2D eigenvalue weighted by atomic mass is 9.74. The summed E-state index contributed by atoms with van der Waals surface area (Å²) in [5.74, 6) is -3.11. The number of benzene rings is 2. The molecule has 0 heterocycles. The van der Waals surface area contributed by atoms with E-state index in [1.165, 1.54) is 0 Å². The molecule has 1 unspecified atom stereocenters. The minimum Gasteiger partial charge on any atom is -0.481 e. The number of carbonyl (C=O) groups is 3. The number of Topliss-reactive ketones (excluding diaryl/α,β-unsaturated/α-hetero) is 1. The zero-order valence-electron chi connectivity index (χ0n) is 22.7. The van der Waals surface area contributed by atoms with E-state index in [4.69, 9.17) is 5.11 Å². The number of rotatable bonds is 11. The Hall–Kier alpha value is -3.17. The van der Waals surface area contributed by atoms with E-state index in [9.17, 15) is 28.3 Å². The molecular formula is C30H38F2N2O5. The maximum atomic E-state index is 14.1. The topological polar surface area (TPSA) is 116 Å². The molecule has 0 radical (unpaired) electrons. The number of aliphatic hydroxyl groups is 1. The van der Waals surface area contributed by atoms with Crippen molar-refractivity contribution >= 4 is 17.7 Å². The average molecular weight is 545 g/mol. The second-order valence-corrected chi connectivity index (χ2v) is 11.4. The first-order valence-corrected chi connectivity index (χ1v) is 13.3. The Balaban J connectivity index is 1.86. The van der Waals surface area contributed by atoms with Gasteiger partial charge in [-0.2, -0.15) is 0 Å². The number of hydrogen-bond acceptors (Lipinski definition) is 5. The normalized spacial score (nSPS) is 16.9. The third kappa shape index (κ3) is 8.41. The Morgan fingerprint density at radius 3 is 2.26 bits per heavy atom. The maximum Gasteiger partial charge on any atom is 0.303 e. The second kappa shape index (κ2) is 12.8. The summed E-state index contributed by atoms with van der Waals surface area (Å²) in [5, 5.41) is 26.2. The smallest absolute Gasteiger partial charge is 0.303 e. The number of halogens is 2. The van der Waals surface area contributed by atoms with Crippen LogP contribution in [0, 0.1) is 11.6 Å². The van der Waals surface area contributed by atoms with Gasteiger partial charge in [-0.1, -0.05) is 45.0 Å². The largest absolute Gasteiger partial charge is 0.481 e. The molecule has 3 rings (SSSR count). The number of hydrogen-bond donors (Lipinski definition) is 4. The molecule has 4 N–H and O–H groups in total. The second-order valence-electron chi connectivity index (χ2n) is 11.4. The fourth-order valence-electron chi connectivity index (χ4n) is 5.03. The highest BCUT2D eigenvalue weighted by molar-refractivity contribution is 5.79. The van der Waals surface area contributed by atoms with Crippen LogP contribution in [0.1, 0.15) is 88.4 Å². The number of aliphatic hydroxyl groups excluding tert-OH is 1. The van der Waals surface area contributed by atoms with Gasteiger partial charge in [-0.15, -0.1) is 0 Å². The van der Waals surface area contributed by atoms with Gasteiger partial charge in [0.25, 0.3) is 0 Å². The van der Waals surface area contributed by atoms with Crippen molar-refractivity contribution in [2.45, 2.75) is 88.8 Å². The van der Waals surface area contributed by atoms with Crippen LogP contribution in [0.3, 0.4) is 0 Å². The van der Waals surface area contributed by atoms with Crippen LogP contribution in [0.5, 0.6) is 0 Å². The molecule has 1 aliphatic rings. The lowest BCUT2D eigenvalue weighted by Gasteiger charge is -2.40. The highest BCUT2D eigenvalue weighted by Gasteiger charge is 2.38. The Kier molecular flexibility index (Phi) is 9.96. The van der Waals surface area contributed by atoms with E-state index in [2.05, 4.69) is 43.5 Å². The van der Waals surface area contributed by atoms with Crippen molar-refractivity contribution in [2.75, 3.05) is 6.54 Å². The Bertz CT molecular complexity index is 1160. The van der Waals surface area contributed by atoms with Crippen LogP contribution < -0.4 is 10.6 Å².